The second-order valence-electron chi connectivity index (χ2n) is 5.34. The second kappa shape index (κ2) is 9.64. The van der Waals surface area contributed by atoms with Gasteiger partial charge in [0.1, 0.15) is 11.6 Å². The summed E-state index contributed by atoms with van der Waals surface area (Å²) in [6, 6.07) is 10.3. The first-order valence-electron chi connectivity index (χ1n) is 7.26. The molecule has 0 aliphatic heterocycles. The minimum Gasteiger partial charge on any atom is -0.496 e. The second-order valence-corrected chi connectivity index (χ2v) is 5.34. The number of benzene rings is 2. The summed E-state index contributed by atoms with van der Waals surface area (Å²) in [5.74, 6) is 0.121. The van der Waals surface area contributed by atoms with E-state index in [0.29, 0.717) is 5.75 Å². The van der Waals surface area contributed by atoms with Gasteiger partial charge in [0, 0.05) is 18.2 Å². The van der Waals surface area contributed by atoms with E-state index >= 15 is 0 Å². The summed E-state index contributed by atoms with van der Waals surface area (Å²) in [4.78, 5) is 10.4. The maximum absolute atomic E-state index is 13.3. The van der Waals surface area contributed by atoms with Crippen LogP contribution in [0.4, 0.5) is 4.39 Å². The van der Waals surface area contributed by atoms with Crippen LogP contribution in [-0.4, -0.2) is 42.8 Å². The first-order chi connectivity index (χ1) is 11.5. The predicted octanol–water partition coefficient (Wildman–Crippen LogP) is 2.76. The molecule has 2 N–H and O–H groups in total. The van der Waals surface area contributed by atoms with Crippen LogP contribution in [0.25, 0.3) is 11.1 Å². The summed E-state index contributed by atoms with van der Waals surface area (Å²) in [6.45, 7) is 0.477. The summed E-state index contributed by atoms with van der Waals surface area (Å²) < 4.78 is 18.5. The van der Waals surface area contributed by atoms with Crippen molar-refractivity contribution in [2.75, 3.05) is 21.2 Å². The minimum absolute atomic E-state index is 0.0723. The lowest BCUT2D eigenvalue weighted by atomic mass is 9.97. The Labute approximate surface area is 140 Å². The zero-order chi connectivity index (χ0) is 18.1. The Morgan fingerprint density at radius 3 is 2.33 bits per heavy atom. The molecule has 5 nitrogen and oxygen atoms in total. The van der Waals surface area contributed by atoms with E-state index in [1.165, 1.54) is 19.2 Å². The predicted molar refractivity (Wildman–Crippen MR) is 90.4 cm³/mol. The van der Waals surface area contributed by atoms with E-state index in [2.05, 4.69) is 4.90 Å². The van der Waals surface area contributed by atoms with Gasteiger partial charge in [0.05, 0.1) is 13.7 Å². The normalized spacial score (nSPS) is 10.1. The highest BCUT2D eigenvalue weighted by Crippen LogP contribution is 2.33. The number of aliphatic hydroxyl groups excluding tert-OH is 1. The molecule has 0 spiro atoms. The Balaban J connectivity index is 0.000000891. The van der Waals surface area contributed by atoms with Crippen molar-refractivity contribution in [3.8, 4) is 16.9 Å². The largest absolute Gasteiger partial charge is 0.496 e. The highest BCUT2D eigenvalue weighted by Gasteiger charge is 2.12. The number of halogens is 1. The fourth-order valence-corrected chi connectivity index (χ4v) is 2.39. The fraction of sp³-hybridized carbons (Fsp3) is 0.278. The van der Waals surface area contributed by atoms with E-state index < -0.39 is 0 Å². The van der Waals surface area contributed by atoms with Crippen LogP contribution in [0.15, 0.2) is 36.4 Å². The molecule has 0 atom stereocenters. The molecule has 0 saturated heterocycles. The molecule has 0 heterocycles. The van der Waals surface area contributed by atoms with E-state index in [-0.39, 0.29) is 18.9 Å². The van der Waals surface area contributed by atoms with Crippen molar-refractivity contribution < 1.29 is 24.1 Å². The summed E-state index contributed by atoms with van der Waals surface area (Å²) >= 11 is 0. The number of methoxy groups -OCH3 is 1. The molecule has 0 unspecified atom stereocenters. The van der Waals surface area contributed by atoms with Crippen LogP contribution < -0.4 is 4.74 Å². The van der Waals surface area contributed by atoms with E-state index in [1.807, 2.05) is 32.3 Å². The first kappa shape index (κ1) is 19.6. The van der Waals surface area contributed by atoms with Crippen LogP contribution in [-0.2, 0) is 17.9 Å². The van der Waals surface area contributed by atoms with E-state index in [1.54, 1.807) is 6.07 Å². The number of ether oxygens (including phenoxy) is 1. The number of hydrogen-bond donors (Lipinski definition) is 2. The summed E-state index contributed by atoms with van der Waals surface area (Å²) in [7, 11) is 5.50. The van der Waals surface area contributed by atoms with Crippen LogP contribution in [0.5, 0.6) is 5.75 Å². The highest BCUT2D eigenvalue weighted by molar-refractivity contribution is 5.73. The molecule has 0 amide bonds. The third-order valence-corrected chi connectivity index (χ3v) is 3.29. The van der Waals surface area contributed by atoms with Crippen LogP contribution in [0.1, 0.15) is 11.1 Å². The molecule has 0 aromatic heterocycles. The quantitative estimate of drug-likeness (QED) is 0.822. The third-order valence-electron chi connectivity index (χ3n) is 3.29. The summed E-state index contributed by atoms with van der Waals surface area (Å²) in [6.07, 6.45) is 0. The Hall–Kier alpha value is -2.44. The Kier molecular flexibility index (Phi) is 7.88. The Morgan fingerprint density at radius 1 is 1.17 bits per heavy atom. The van der Waals surface area contributed by atoms with E-state index in [0.717, 1.165) is 28.8 Å². The van der Waals surface area contributed by atoms with Gasteiger partial charge in [0.2, 0.25) is 0 Å². The molecule has 6 heteroatoms. The molecule has 0 fully saturated rings. The van der Waals surface area contributed by atoms with Crippen LogP contribution in [0.3, 0.4) is 0 Å². The monoisotopic (exact) mass is 335 g/mol. The van der Waals surface area contributed by atoms with E-state index in [4.69, 9.17) is 14.6 Å². The number of aliphatic hydroxyl groups is 1. The molecule has 2 aromatic carbocycles. The number of nitrogens with zero attached hydrogens (tertiary/aromatic N) is 1. The van der Waals surface area contributed by atoms with Crippen molar-refractivity contribution in [1.82, 2.24) is 4.90 Å². The summed E-state index contributed by atoms with van der Waals surface area (Å²) in [5.41, 5.74) is 3.56. The van der Waals surface area contributed by atoms with Gasteiger partial charge < -0.3 is 19.8 Å². The maximum atomic E-state index is 13.3. The lowest BCUT2D eigenvalue weighted by Crippen LogP contribution is -2.11. The molecular formula is C18H22FNO4. The first-order valence-corrected chi connectivity index (χ1v) is 7.26. The van der Waals surface area contributed by atoms with Crippen molar-refractivity contribution in [1.29, 1.82) is 0 Å². The maximum Gasteiger partial charge on any atom is 0.290 e. The van der Waals surface area contributed by atoms with Gasteiger partial charge in [-0.05, 0) is 42.9 Å². The molecule has 2 rings (SSSR count). The lowest BCUT2D eigenvalue weighted by Gasteiger charge is -2.15. The number of carbonyl (C=O) groups is 1. The average Bonchev–Trinajstić information content (AvgIpc) is 2.55. The Morgan fingerprint density at radius 2 is 1.79 bits per heavy atom. The van der Waals surface area contributed by atoms with Crippen molar-refractivity contribution in [2.45, 2.75) is 13.2 Å². The van der Waals surface area contributed by atoms with Gasteiger partial charge in [-0.2, -0.15) is 0 Å². The number of hydrogen-bond acceptors (Lipinski definition) is 4. The molecular weight excluding hydrogens is 313 g/mol. The molecule has 24 heavy (non-hydrogen) atoms. The molecule has 0 aliphatic rings. The van der Waals surface area contributed by atoms with Gasteiger partial charge in [-0.3, -0.25) is 4.79 Å². The van der Waals surface area contributed by atoms with Gasteiger partial charge in [-0.1, -0.05) is 18.2 Å². The highest BCUT2D eigenvalue weighted by atomic mass is 19.1. The van der Waals surface area contributed by atoms with Crippen LogP contribution in [0, 0.1) is 5.82 Å². The minimum atomic E-state index is -0.342. The van der Waals surface area contributed by atoms with Gasteiger partial charge in [-0.25, -0.2) is 4.39 Å². The topological polar surface area (TPSA) is 70.0 Å². The molecule has 0 bridgehead atoms. The van der Waals surface area contributed by atoms with Gasteiger partial charge in [0.15, 0.2) is 0 Å². The lowest BCUT2D eigenvalue weighted by molar-refractivity contribution is -0.122. The molecule has 0 radical (unpaired) electrons. The standard InChI is InChI=1S/C17H20FNO2.CH2O2/c1-19(2)10-12-4-6-15(13(8-12)11-20)16-7-5-14(18)9-17(16)21-3;2-1-3/h4-9,20H,10-11H2,1-3H3;1H,(H,2,3). The molecule has 0 saturated carbocycles. The van der Waals surface area contributed by atoms with Crippen molar-refractivity contribution >= 4 is 6.47 Å². The van der Waals surface area contributed by atoms with Crippen molar-refractivity contribution in [3.63, 3.8) is 0 Å². The van der Waals surface area contributed by atoms with Gasteiger partial charge in [0.25, 0.3) is 6.47 Å². The smallest absolute Gasteiger partial charge is 0.290 e. The molecule has 0 aliphatic carbocycles. The zero-order valence-electron chi connectivity index (χ0n) is 14.0. The summed E-state index contributed by atoms with van der Waals surface area (Å²) in [5, 5.41) is 16.5. The average molecular weight is 335 g/mol. The Bertz CT molecular complexity index is 674. The molecule has 2 aromatic rings. The van der Waals surface area contributed by atoms with Gasteiger partial charge >= 0.3 is 0 Å². The van der Waals surface area contributed by atoms with E-state index in [9.17, 15) is 9.50 Å². The van der Waals surface area contributed by atoms with Crippen molar-refractivity contribution in [2.24, 2.45) is 0 Å². The van der Waals surface area contributed by atoms with Crippen molar-refractivity contribution in [3.05, 3.63) is 53.3 Å². The van der Waals surface area contributed by atoms with Gasteiger partial charge in [-0.15, -0.1) is 0 Å². The SMILES string of the molecule is COc1cc(F)ccc1-c1ccc(CN(C)C)cc1CO.O=CO. The zero-order valence-corrected chi connectivity index (χ0v) is 14.0. The number of rotatable bonds is 5. The number of carboxylic acid groups (broad SMARTS) is 1. The van der Waals surface area contributed by atoms with Crippen LogP contribution >= 0.6 is 0 Å². The fourth-order valence-electron chi connectivity index (χ4n) is 2.39. The molecule has 130 valence electrons. The van der Waals surface area contributed by atoms with Crippen LogP contribution in [0.2, 0.25) is 0 Å². The third kappa shape index (κ3) is 5.33.